The number of unbranched alkanes of at least 4 members (excludes halogenated alkanes) is 1. The van der Waals surface area contributed by atoms with Crippen LogP contribution < -0.4 is 4.74 Å². The normalized spacial score (nSPS) is 13.9. The third-order valence-electron chi connectivity index (χ3n) is 7.09. The van der Waals surface area contributed by atoms with Crippen LogP contribution in [0.1, 0.15) is 74.6 Å². The van der Waals surface area contributed by atoms with Crippen molar-refractivity contribution in [3.05, 3.63) is 107 Å². The number of aromatic nitrogens is 1. The lowest BCUT2D eigenvalue weighted by atomic mass is 9.99. The van der Waals surface area contributed by atoms with Gasteiger partial charge in [-0.25, -0.2) is 0 Å². The van der Waals surface area contributed by atoms with E-state index < -0.39 is 21.7 Å². The van der Waals surface area contributed by atoms with Crippen LogP contribution >= 0.6 is 0 Å². The van der Waals surface area contributed by atoms with Crippen molar-refractivity contribution in [2.24, 2.45) is 0 Å². The number of rotatable bonds is 14. The molecule has 2 atom stereocenters. The minimum atomic E-state index is -5.83. The monoisotopic (exact) mass is 657 g/mol. The average molecular weight is 658 g/mol. The summed E-state index contributed by atoms with van der Waals surface area (Å²) in [7, 11) is -3.90. The summed E-state index contributed by atoms with van der Waals surface area (Å²) in [4.78, 5) is 4.72. The quantitative estimate of drug-likeness (QED) is 0.0585. The number of hydrogen-bond donors (Lipinski definition) is 0. The van der Waals surface area contributed by atoms with Gasteiger partial charge in [0.15, 0.2) is 0 Å². The first kappa shape index (κ1) is 34.6. The number of nitrogens with zero attached hydrogens (tertiary/aromatic N) is 1. The Morgan fingerprint density at radius 1 is 0.844 bits per heavy atom. The average Bonchev–Trinajstić information content (AvgIpc) is 2.99. The van der Waals surface area contributed by atoms with Crippen molar-refractivity contribution in [3.8, 4) is 5.75 Å². The van der Waals surface area contributed by atoms with Gasteiger partial charge < -0.3 is 9.16 Å². The number of fused-ring (bicyclic) bond motifs is 1. The summed E-state index contributed by atoms with van der Waals surface area (Å²) in [5.41, 5.74) is -1.99. The molecule has 1 heterocycles. The van der Waals surface area contributed by atoms with Crippen LogP contribution in [0.5, 0.6) is 5.75 Å². The third-order valence-corrected chi connectivity index (χ3v) is 9.15. The molecule has 6 nitrogen and oxygen atoms in total. The molecule has 240 valence electrons. The number of ether oxygens (including phenoxy) is 1. The highest BCUT2D eigenvalue weighted by molar-refractivity contribution is 7.87. The Morgan fingerprint density at radius 3 is 2.18 bits per heavy atom. The zero-order valence-corrected chi connectivity index (χ0v) is 27.6. The van der Waals surface area contributed by atoms with Crippen LogP contribution in [0.3, 0.4) is 0 Å². The second-order valence-corrected chi connectivity index (χ2v) is 15.4. The fourth-order valence-corrected chi connectivity index (χ4v) is 6.10. The van der Waals surface area contributed by atoms with Gasteiger partial charge in [-0.05, 0) is 65.3 Å². The molecule has 0 aliphatic heterocycles. The Morgan fingerprint density at radius 2 is 1.53 bits per heavy atom. The fourth-order valence-electron chi connectivity index (χ4n) is 4.76. The van der Waals surface area contributed by atoms with Crippen LogP contribution in [-0.2, 0) is 31.6 Å². The van der Waals surface area contributed by atoms with Gasteiger partial charge in [-0.1, -0.05) is 87.9 Å². The van der Waals surface area contributed by atoms with Gasteiger partial charge in [0, 0.05) is 17.5 Å². The van der Waals surface area contributed by atoms with Crippen LogP contribution in [0.25, 0.3) is 10.9 Å². The van der Waals surface area contributed by atoms with Crippen LogP contribution in [0.2, 0.25) is 5.04 Å². The maximum absolute atomic E-state index is 13.2. The van der Waals surface area contributed by atoms with Crippen molar-refractivity contribution in [3.63, 3.8) is 0 Å². The van der Waals surface area contributed by atoms with Gasteiger partial charge in [0.25, 0.3) is 0 Å². The predicted octanol–water partition coefficient (Wildman–Crippen LogP) is 8.70. The minimum Gasteiger partial charge on any atom is -0.497 e. The number of hydrogen-bond acceptors (Lipinski definition) is 6. The molecule has 0 aliphatic carbocycles. The molecule has 4 aromatic rings. The number of benzene rings is 3. The number of pyridine rings is 1. The molecule has 0 N–H and O–H groups in total. The molecule has 0 amide bonds. The van der Waals surface area contributed by atoms with Gasteiger partial charge in [0.2, 0.25) is 9.76 Å². The van der Waals surface area contributed by atoms with Gasteiger partial charge in [-0.15, -0.1) is 0 Å². The summed E-state index contributed by atoms with van der Waals surface area (Å²) >= 11 is 0. The fraction of sp³-hybridized carbons (Fsp3) is 0.382. The Balaban J connectivity index is 1.54. The van der Waals surface area contributed by atoms with Crippen LogP contribution in [0, 0.1) is 0 Å². The maximum Gasteiger partial charge on any atom is 0.523 e. The Labute approximate surface area is 266 Å². The SMILES string of the molecule is COc1ccc(CCCCC(O[Si]C(C)(C)C)c2ccc3ccc(CC(OS(=O)(=O)C(F)(F)F)c4ccccc4)nc3c2)cc1. The maximum atomic E-state index is 13.2. The van der Waals surface area contributed by atoms with Crippen LogP contribution in [-0.4, -0.2) is 35.8 Å². The van der Waals surface area contributed by atoms with E-state index in [-0.39, 0.29) is 27.3 Å². The lowest BCUT2D eigenvalue weighted by Gasteiger charge is -2.24. The van der Waals surface area contributed by atoms with Crippen molar-refractivity contribution in [1.82, 2.24) is 4.98 Å². The van der Waals surface area contributed by atoms with E-state index >= 15 is 0 Å². The molecule has 0 saturated carbocycles. The molecule has 0 spiro atoms. The molecule has 0 saturated heterocycles. The van der Waals surface area contributed by atoms with E-state index in [1.54, 1.807) is 31.4 Å². The van der Waals surface area contributed by atoms with Gasteiger partial charge in [-0.2, -0.15) is 21.6 Å². The first-order valence-electron chi connectivity index (χ1n) is 14.7. The van der Waals surface area contributed by atoms with Crippen molar-refractivity contribution in [2.45, 2.75) is 75.6 Å². The second-order valence-electron chi connectivity index (χ2n) is 11.9. The van der Waals surface area contributed by atoms with Gasteiger partial charge in [-0.3, -0.25) is 9.17 Å². The molecule has 11 heteroatoms. The topological polar surface area (TPSA) is 74.7 Å². The summed E-state index contributed by atoms with van der Waals surface area (Å²) in [5, 5.41) is 0.839. The largest absolute Gasteiger partial charge is 0.523 e. The summed E-state index contributed by atoms with van der Waals surface area (Å²) in [6, 6.07) is 25.5. The van der Waals surface area contributed by atoms with E-state index in [0.29, 0.717) is 16.8 Å². The summed E-state index contributed by atoms with van der Waals surface area (Å²) in [6.45, 7) is 6.39. The lowest BCUT2D eigenvalue weighted by Crippen LogP contribution is -2.28. The van der Waals surface area contributed by atoms with Crippen molar-refractivity contribution >= 4 is 30.8 Å². The smallest absolute Gasteiger partial charge is 0.497 e. The molecule has 1 aromatic heterocycles. The molecule has 0 aliphatic rings. The lowest BCUT2D eigenvalue weighted by molar-refractivity contribution is -0.0575. The Kier molecular flexibility index (Phi) is 11.5. The summed E-state index contributed by atoms with van der Waals surface area (Å²) < 4.78 is 79.8. The molecule has 0 bridgehead atoms. The minimum absolute atomic E-state index is 0.00713. The second kappa shape index (κ2) is 14.9. The molecule has 2 radical (unpaired) electrons. The molecular formula is C34H38F3NO5SSi. The van der Waals surface area contributed by atoms with E-state index in [4.69, 9.17) is 18.3 Å². The van der Waals surface area contributed by atoms with Crippen LogP contribution in [0.4, 0.5) is 13.2 Å². The zero-order valence-electron chi connectivity index (χ0n) is 25.8. The highest BCUT2D eigenvalue weighted by atomic mass is 32.2. The number of methoxy groups -OCH3 is 1. The van der Waals surface area contributed by atoms with E-state index in [2.05, 4.69) is 32.9 Å². The van der Waals surface area contributed by atoms with Crippen LogP contribution in [0.15, 0.2) is 84.9 Å². The first-order valence-corrected chi connectivity index (χ1v) is 17.1. The van der Waals surface area contributed by atoms with Gasteiger partial charge in [0.05, 0.1) is 18.7 Å². The molecular weight excluding hydrogens is 620 g/mol. The zero-order chi connectivity index (χ0) is 32.7. The van der Waals surface area contributed by atoms with Gasteiger partial charge >= 0.3 is 15.6 Å². The van der Waals surface area contributed by atoms with Crippen molar-refractivity contribution in [2.75, 3.05) is 7.11 Å². The number of halogens is 3. The summed E-state index contributed by atoms with van der Waals surface area (Å²) in [6.07, 6.45) is 1.95. The molecule has 0 fully saturated rings. The van der Waals surface area contributed by atoms with Crippen molar-refractivity contribution < 1.29 is 34.9 Å². The Hall–Kier alpha value is -3.25. The summed E-state index contributed by atoms with van der Waals surface area (Å²) in [5.74, 6) is 0.831. The highest BCUT2D eigenvalue weighted by Crippen LogP contribution is 2.33. The Bertz CT molecular complexity index is 1640. The predicted molar refractivity (Wildman–Crippen MR) is 171 cm³/mol. The molecule has 4 rings (SSSR count). The van der Waals surface area contributed by atoms with Crippen molar-refractivity contribution in [1.29, 1.82) is 0 Å². The number of alkyl halides is 3. The van der Waals surface area contributed by atoms with E-state index in [9.17, 15) is 21.6 Å². The number of aryl methyl sites for hydroxylation is 1. The molecule has 45 heavy (non-hydrogen) atoms. The van der Waals surface area contributed by atoms with Gasteiger partial charge in [0.1, 0.15) is 11.9 Å². The van der Waals surface area contributed by atoms with E-state index in [1.807, 2.05) is 36.4 Å². The van der Waals surface area contributed by atoms with E-state index in [1.165, 1.54) is 17.7 Å². The standard InChI is InChI=1S/C34H38F3NO5SSi/c1-33(2,3)45-43-31(13-9-8-10-24-14-20-29(41-4)21-15-24)27-17-16-25-18-19-28(38-30(25)22-27)23-32(26-11-6-5-7-12-26)42-44(39,40)34(35,36)37/h5-7,11-12,14-22,31-32H,8-10,13,23H2,1-4H3. The van der Waals surface area contributed by atoms with E-state index in [0.717, 1.165) is 42.4 Å². The first-order chi connectivity index (χ1) is 21.2. The third kappa shape index (κ3) is 10.1. The molecule has 3 aromatic carbocycles. The highest BCUT2D eigenvalue weighted by Gasteiger charge is 2.48. The molecule has 2 unspecified atom stereocenters.